The van der Waals surface area contributed by atoms with Crippen LogP contribution in [0.3, 0.4) is 0 Å². The number of aromatic nitrogens is 1. The second-order valence-electron chi connectivity index (χ2n) is 2.80. The molecule has 0 amide bonds. The van der Waals surface area contributed by atoms with E-state index in [2.05, 4.69) is 10.1 Å². The van der Waals surface area contributed by atoms with Crippen molar-refractivity contribution in [1.82, 2.24) is 4.98 Å². The minimum Gasteiger partial charge on any atom is -0.410 e. The lowest BCUT2D eigenvalue weighted by Gasteiger charge is -1.99. The van der Waals surface area contributed by atoms with Gasteiger partial charge in [0.2, 0.25) is 0 Å². The maximum absolute atomic E-state index is 8.50. The van der Waals surface area contributed by atoms with Crippen LogP contribution in [-0.4, -0.2) is 15.4 Å². The standard InChI is InChI=1S/C10H7ClN2O/c11-10(13-14)8-3-4-9-7(6-8)2-1-5-12-9/h1-6,14H/b13-10-. The lowest BCUT2D eigenvalue weighted by atomic mass is 10.1. The van der Waals surface area contributed by atoms with E-state index in [9.17, 15) is 0 Å². The van der Waals surface area contributed by atoms with Gasteiger partial charge in [0.15, 0.2) is 5.17 Å². The van der Waals surface area contributed by atoms with E-state index in [0.717, 1.165) is 10.9 Å². The number of rotatable bonds is 1. The fraction of sp³-hybridized carbons (Fsp3) is 0. The Morgan fingerprint density at radius 1 is 1.36 bits per heavy atom. The van der Waals surface area contributed by atoms with Crippen LogP contribution in [-0.2, 0) is 0 Å². The summed E-state index contributed by atoms with van der Waals surface area (Å²) >= 11 is 5.67. The highest BCUT2D eigenvalue weighted by atomic mass is 35.5. The molecule has 2 aromatic rings. The number of hydrogen-bond acceptors (Lipinski definition) is 3. The van der Waals surface area contributed by atoms with E-state index in [4.69, 9.17) is 16.8 Å². The summed E-state index contributed by atoms with van der Waals surface area (Å²) < 4.78 is 0. The van der Waals surface area contributed by atoms with Crippen molar-refractivity contribution in [2.45, 2.75) is 0 Å². The van der Waals surface area contributed by atoms with Crippen molar-refractivity contribution in [3.05, 3.63) is 42.1 Å². The van der Waals surface area contributed by atoms with Gasteiger partial charge in [0.25, 0.3) is 0 Å². The molecule has 4 heteroatoms. The summed E-state index contributed by atoms with van der Waals surface area (Å²) in [7, 11) is 0. The Kier molecular flexibility index (Phi) is 2.33. The minimum atomic E-state index is 0.0794. The third-order valence-electron chi connectivity index (χ3n) is 1.93. The molecule has 0 atom stereocenters. The van der Waals surface area contributed by atoms with Gasteiger partial charge in [-0.3, -0.25) is 4.98 Å². The maximum atomic E-state index is 8.50. The van der Waals surface area contributed by atoms with Crippen molar-refractivity contribution in [2.75, 3.05) is 0 Å². The van der Waals surface area contributed by atoms with Gasteiger partial charge in [0.1, 0.15) is 0 Å². The minimum absolute atomic E-state index is 0.0794. The third kappa shape index (κ3) is 1.54. The van der Waals surface area contributed by atoms with Crippen LogP contribution in [0.1, 0.15) is 5.56 Å². The molecule has 0 unspecified atom stereocenters. The lowest BCUT2D eigenvalue weighted by molar-refractivity contribution is 0.321. The van der Waals surface area contributed by atoms with Gasteiger partial charge in [0, 0.05) is 17.1 Å². The van der Waals surface area contributed by atoms with Crippen molar-refractivity contribution < 1.29 is 5.21 Å². The number of pyridine rings is 1. The van der Waals surface area contributed by atoms with Gasteiger partial charge in [-0.2, -0.15) is 0 Å². The fourth-order valence-electron chi connectivity index (χ4n) is 1.26. The number of nitrogens with zero attached hydrogens (tertiary/aromatic N) is 2. The molecule has 0 aliphatic heterocycles. The van der Waals surface area contributed by atoms with Crippen LogP contribution in [0.5, 0.6) is 0 Å². The molecular weight excluding hydrogens is 200 g/mol. The van der Waals surface area contributed by atoms with Crippen LogP contribution in [0.2, 0.25) is 0 Å². The van der Waals surface area contributed by atoms with Gasteiger partial charge in [0.05, 0.1) is 5.52 Å². The van der Waals surface area contributed by atoms with E-state index in [-0.39, 0.29) is 5.17 Å². The Morgan fingerprint density at radius 3 is 3.00 bits per heavy atom. The summed E-state index contributed by atoms with van der Waals surface area (Å²) in [5, 5.41) is 12.5. The molecule has 0 aliphatic carbocycles. The summed E-state index contributed by atoms with van der Waals surface area (Å²) in [6.45, 7) is 0. The normalized spacial score (nSPS) is 11.9. The van der Waals surface area contributed by atoms with Crippen LogP contribution in [0.25, 0.3) is 10.9 Å². The van der Waals surface area contributed by atoms with E-state index in [0.29, 0.717) is 5.56 Å². The highest BCUT2D eigenvalue weighted by Crippen LogP contribution is 2.14. The number of benzene rings is 1. The fourth-order valence-corrected chi connectivity index (χ4v) is 1.38. The van der Waals surface area contributed by atoms with E-state index in [1.807, 2.05) is 24.3 Å². The largest absolute Gasteiger partial charge is 0.410 e. The van der Waals surface area contributed by atoms with Gasteiger partial charge < -0.3 is 5.21 Å². The quantitative estimate of drug-likeness (QED) is 0.443. The Hall–Kier alpha value is -1.61. The molecule has 0 spiro atoms. The van der Waals surface area contributed by atoms with E-state index < -0.39 is 0 Å². The van der Waals surface area contributed by atoms with Crippen LogP contribution in [0, 0.1) is 0 Å². The van der Waals surface area contributed by atoms with Gasteiger partial charge in [-0.15, -0.1) is 0 Å². The average molecular weight is 207 g/mol. The number of halogens is 1. The molecule has 1 aromatic carbocycles. The number of hydrogen-bond donors (Lipinski definition) is 1. The Labute approximate surface area is 85.6 Å². The first-order valence-electron chi connectivity index (χ1n) is 4.04. The third-order valence-corrected chi connectivity index (χ3v) is 2.22. The monoisotopic (exact) mass is 206 g/mol. The van der Waals surface area contributed by atoms with Gasteiger partial charge in [-0.05, 0) is 24.3 Å². The topological polar surface area (TPSA) is 45.5 Å². The van der Waals surface area contributed by atoms with Gasteiger partial charge in [-0.1, -0.05) is 22.8 Å². The Balaban J connectivity index is 2.62. The average Bonchev–Trinajstić information content (AvgIpc) is 2.27. The van der Waals surface area contributed by atoms with Crippen LogP contribution in [0.15, 0.2) is 41.7 Å². The van der Waals surface area contributed by atoms with Crippen molar-refractivity contribution >= 4 is 27.7 Å². The lowest BCUT2D eigenvalue weighted by Crippen LogP contribution is -1.90. The van der Waals surface area contributed by atoms with E-state index in [1.165, 1.54) is 0 Å². The summed E-state index contributed by atoms with van der Waals surface area (Å²) in [6, 6.07) is 9.18. The SMILES string of the molecule is O/N=C(\Cl)c1ccc2ncccc2c1. The highest BCUT2D eigenvalue weighted by Gasteiger charge is 2.01. The van der Waals surface area contributed by atoms with E-state index in [1.54, 1.807) is 12.3 Å². The van der Waals surface area contributed by atoms with Crippen molar-refractivity contribution in [3.63, 3.8) is 0 Å². The molecule has 1 aromatic heterocycles. The highest BCUT2D eigenvalue weighted by molar-refractivity contribution is 6.69. The first-order valence-corrected chi connectivity index (χ1v) is 4.42. The molecule has 14 heavy (non-hydrogen) atoms. The molecule has 0 saturated heterocycles. The first-order chi connectivity index (χ1) is 6.81. The summed E-state index contributed by atoms with van der Waals surface area (Å²) in [5.74, 6) is 0. The van der Waals surface area contributed by atoms with Crippen molar-refractivity contribution in [3.8, 4) is 0 Å². The second-order valence-corrected chi connectivity index (χ2v) is 3.16. The summed E-state index contributed by atoms with van der Waals surface area (Å²) in [6.07, 6.45) is 1.73. The zero-order valence-corrected chi connectivity index (χ0v) is 7.94. The number of oxime groups is 1. The molecule has 0 aliphatic rings. The smallest absolute Gasteiger partial charge is 0.175 e. The summed E-state index contributed by atoms with van der Waals surface area (Å²) in [4.78, 5) is 4.16. The molecule has 0 bridgehead atoms. The van der Waals surface area contributed by atoms with Gasteiger partial charge >= 0.3 is 0 Å². The Morgan fingerprint density at radius 2 is 2.21 bits per heavy atom. The zero-order chi connectivity index (χ0) is 9.97. The van der Waals surface area contributed by atoms with E-state index >= 15 is 0 Å². The molecule has 0 fully saturated rings. The Bertz CT molecular complexity index is 496. The zero-order valence-electron chi connectivity index (χ0n) is 7.18. The predicted molar refractivity (Wildman–Crippen MR) is 55.9 cm³/mol. The van der Waals surface area contributed by atoms with Crippen LogP contribution < -0.4 is 0 Å². The predicted octanol–water partition coefficient (Wildman–Crippen LogP) is 2.61. The molecule has 70 valence electrons. The van der Waals surface area contributed by atoms with Crippen LogP contribution in [0.4, 0.5) is 0 Å². The van der Waals surface area contributed by atoms with Crippen molar-refractivity contribution in [1.29, 1.82) is 0 Å². The molecule has 3 nitrogen and oxygen atoms in total. The molecule has 1 heterocycles. The van der Waals surface area contributed by atoms with Crippen molar-refractivity contribution in [2.24, 2.45) is 5.16 Å². The van der Waals surface area contributed by atoms with Crippen LogP contribution >= 0.6 is 11.6 Å². The number of fused-ring (bicyclic) bond motifs is 1. The summed E-state index contributed by atoms with van der Waals surface area (Å²) in [5.41, 5.74) is 1.56. The molecule has 2 rings (SSSR count). The van der Waals surface area contributed by atoms with Gasteiger partial charge in [-0.25, -0.2) is 0 Å². The first kappa shape index (κ1) is 8.97. The molecule has 1 N–H and O–H groups in total. The molecular formula is C10H7ClN2O. The maximum Gasteiger partial charge on any atom is 0.175 e. The molecule has 0 saturated carbocycles. The molecule has 0 radical (unpaired) electrons. The second kappa shape index (κ2) is 3.64.